The molecule has 2 aliphatic carbocycles. The molecule has 0 heterocycles. The Bertz CT molecular complexity index is 901. The topological polar surface area (TPSA) is 87.7 Å². The first-order valence-electron chi connectivity index (χ1n) is 10.3. The molecule has 30 heavy (non-hydrogen) atoms. The van der Waals surface area contributed by atoms with E-state index in [2.05, 4.69) is 26.6 Å². The molecule has 2 fully saturated rings. The Morgan fingerprint density at radius 1 is 1.07 bits per heavy atom. The van der Waals surface area contributed by atoms with Gasteiger partial charge in [0.05, 0.1) is 5.69 Å². The third-order valence-corrected chi connectivity index (χ3v) is 6.20. The Morgan fingerprint density at radius 3 is 2.37 bits per heavy atom. The summed E-state index contributed by atoms with van der Waals surface area (Å²) in [6.45, 7) is 0.144. The summed E-state index contributed by atoms with van der Waals surface area (Å²) < 4.78 is 6.10. The Hall–Kier alpha value is -2.54. The van der Waals surface area contributed by atoms with Crippen LogP contribution in [0, 0.1) is 17.8 Å². The smallest absolute Gasteiger partial charge is 0.408 e. The quantitative estimate of drug-likeness (QED) is 0.480. The van der Waals surface area contributed by atoms with E-state index in [0.717, 1.165) is 35.7 Å². The summed E-state index contributed by atoms with van der Waals surface area (Å²) >= 11 is 3.35. The molecule has 2 aromatic rings. The summed E-state index contributed by atoms with van der Waals surface area (Å²) in [4.78, 5) is 25.7. The molecule has 158 valence electrons. The number of benzene rings is 2. The van der Waals surface area contributed by atoms with E-state index in [4.69, 9.17) is 4.74 Å². The highest BCUT2D eigenvalue weighted by molar-refractivity contribution is 9.10. The highest BCUT2D eigenvalue weighted by atomic mass is 79.9. The standard InChI is InChI=1S/C23H25BrN2O4/c24-17-10-11-19(27)18(12-17)25-22(28)21(20(15-6-7-15)16-8-9-16)26-23(29)30-13-14-4-2-1-3-5-14/h1-5,10-12,15-16,20-21,27H,6-9,13H2,(H,25,28)(H,26,29). The van der Waals surface area contributed by atoms with E-state index in [0.29, 0.717) is 17.5 Å². The van der Waals surface area contributed by atoms with Gasteiger partial charge in [-0.3, -0.25) is 4.79 Å². The molecule has 2 aromatic carbocycles. The van der Waals surface area contributed by atoms with Gasteiger partial charge in [-0.05, 0) is 67.2 Å². The Balaban J connectivity index is 1.47. The predicted molar refractivity (Wildman–Crippen MR) is 117 cm³/mol. The van der Waals surface area contributed by atoms with Crippen molar-refractivity contribution in [2.75, 3.05) is 5.32 Å². The van der Waals surface area contributed by atoms with Crippen molar-refractivity contribution in [2.24, 2.45) is 17.8 Å². The average molecular weight is 473 g/mol. The molecule has 1 atom stereocenters. The molecule has 0 spiro atoms. The fourth-order valence-electron chi connectivity index (χ4n) is 3.94. The lowest BCUT2D eigenvalue weighted by atomic mass is 9.88. The Morgan fingerprint density at radius 2 is 1.73 bits per heavy atom. The zero-order chi connectivity index (χ0) is 21.1. The van der Waals surface area contributed by atoms with Crippen LogP contribution in [0.1, 0.15) is 31.2 Å². The van der Waals surface area contributed by atoms with Gasteiger partial charge in [-0.25, -0.2) is 4.79 Å². The molecule has 0 aliphatic heterocycles. The normalized spacial score (nSPS) is 16.7. The number of hydrogen-bond acceptors (Lipinski definition) is 4. The van der Waals surface area contributed by atoms with Crippen LogP contribution in [0.3, 0.4) is 0 Å². The minimum atomic E-state index is -0.702. The number of alkyl carbamates (subject to hydrolysis) is 1. The van der Waals surface area contributed by atoms with Crippen molar-refractivity contribution in [1.29, 1.82) is 0 Å². The number of halogens is 1. The van der Waals surface area contributed by atoms with Crippen LogP contribution in [0.15, 0.2) is 53.0 Å². The monoisotopic (exact) mass is 472 g/mol. The van der Waals surface area contributed by atoms with Gasteiger partial charge >= 0.3 is 6.09 Å². The SMILES string of the molecule is O=C(NC(C(=O)Nc1cc(Br)ccc1O)C(C1CC1)C1CC1)OCc1ccccc1. The third-order valence-electron chi connectivity index (χ3n) is 5.70. The zero-order valence-electron chi connectivity index (χ0n) is 16.5. The number of ether oxygens (including phenoxy) is 1. The lowest BCUT2D eigenvalue weighted by molar-refractivity contribution is -0.119. The van der Waals surface area contributed by atoms with E-state index in [1.54, 1.807) is 12.1 Å². The highest BCUT2D eigenvalue weighted by Crippen LogP contribution is 2.51. The molecule has 0 radical (unpaired) electrons. The molecule has 0 aromatic heterocycles. The van der Waals surface area contributed by atoms with Crippen LogP contribution < -0.4 is 10.6 Å². The molecular formula is C23H25BrN2O4. The number of hydrogen-bond donors (Lipinski definition) is 3. The summed E-state index contributed by atoms with van der Waals surface area (Å²) in [5.41, 5.74) is 1.19. The number of carbonyl (C=O) groups is 2. The molecule has 1 unspecified atom stereocenters. The van der Waals surface area contributed by atoms with Gasteiger partial charge in [-0.1, -0.05) is 46.3 Å². The summed E-state index contributed by atoms with van der Waals surface area (Å²) in [6.07, 6.45) is 3.70. The summed E-state index contributed by atoms with van der Waals surface area (Å²) in [6, 6.07) is 13.6. The van der Waals surface area contributed by atoms with Gasteiger partial charge in [0.15, 0.2) is 0 Å². The first kappa shape index (κ1) is 20.7. The van der Waals surface area contributed by atoms with Crippen LogP contribution in [-0.4, -0.2) is 23.1 Å². The Labute approximate surface area is 184 Å². The zero-order valence-corrected chi connectivity index (χ0v) is 18.1. The number of carbonyl (C=O) groups excluding carboxylic acids is 2. The van der Waals surface area contributed by atoms with Crippen molar-refractivity contribution < 1.29 is 19.4 Å². The predicted octanol–water partition coefficient (Wildman–Crippen LogP) is 4.82. The van der Waals surface area contributed by atoms with E-state index in [1.165, 1.54) is 6.07 Å². The summed E-state index contributed by atoms with van der Waals surface area (Å²) in [7, 11) is 0. The van der Waals surface area contributed by atoms with Crippen molar-refractivity contribution in [1.82, 2.24) is 5.32 Å². The van der Waals surface area contributed by atoms with E-state index >= 15 is 0 Å². The first-order valence-corrected chi connectivity index (χ1v) is 11.1. The number of aromatic hydroxyl groups is 1. The van der Waals surface area contributed by atoms with Crippen molar-refractivity contribution in [2.45, 2.75) is 38.3 Å². The van der Waals surface area contributed by atoms with Gasteiger partial charge in [-0.15, -0.1) is 0 Å². The van der Waals surface area contributed by atoms with E-state index in [9.17, 15) is 14.7 Å². The van der Waals surface area contributed by atoms with Crippen LogP contribution in [-0.2, 0) is 16.1 Å². The molecule has 0 saturated heterocycles. The highest BCUT2D eigenvalue weighted by Gasteiger charge is 2.48. The molecule has 4 rings (SSSR count). The number of phenols is 1. The maximum Gasteiger partial charge on any atom is 0.408 e. The van der Waals surface area contributed by atoms with Crippen LogP contribution >= 0.6 is 15.9 Å². The fourth-order valence-corrected chi connectivity index (χ4v) is 4.30. The molecular weight excluding hydrogens is 448 g/mol. The second kappa shape index (κ2) is 9.08. The minimum absolute atomic E-state index is 0.0219. The van der Waals surface area contributed by atoms with Gasteiger partial charge in [0.1, 0.15) is 18.4 Å². The first-order chi connectivity index (χ1) is 14.5. The van der Waals surface area contributed by atoms with Gasteiger partial charge in [-0.2, -0.15) is 0 Å². The van der Waals surface area contributed by atoms with Gasteiger partial charge in [0.25, 0.3) is 0 Å². The van der Waals surface area contributed by atoms with Crippen molar-refractivity contribution in [3.63, 3.8) is 0 Å². The second-order valence-corrected chi connectivity index (χ2v) is 9.00. The maximum absolute atomic E-state index is 13.2. The molecule has 0 bridgehead atoms. The molecule has 7 heteroatoms. The van der Waals surface area contributed by atoms with Gasteiger partial charge < -0.3 is 20.5 Å². The molecule has 2 saturated carbocycles. The number of rotatable bonds is 8. The number of nitrogens with one attached hydrogen (secondary N) is 2. The van der Waals surface area contributed by atoms with Crippen molar-refractivity contribution in [3.8, 4) is 5.75 Å². The number of amides is 2. The second-order valence-electron chi connectivity index (χ2n) is 8.09. The molecule has 3 N–H and O–H groups in total. The van der Waals surface area contributed by atoms with Crippen LogP contribution in [0.2, 0.25) is 0 Å². The van der Waals surface area contributed by atoms with E-state index in [1.807, 2.05) is 30.3 Å². The lowest BCUT2D eigenvalue weighted by Crippen LogP contribution is -2.50. The number of phenolic OH excluding ortho intramolecular Hbond substituents is 1. The maximum atomic E-state index is 13.2. The third kappa shape index (κ3) is 5.33. The largest absolute Gasteiger partial charge is 0.506 e. The van der Waals surface area contributed by atoms with Gasteiger partial charge in [0.2, 0.25) is 5.91 Å². The van der Waals surface area contributed by atoms with Crippen molar-refractivity contribution >= 4 is 33.6 Å². The summed E-state index contributed by atoms with van der Waals surface area (Å²) in [5, 5.41) is 15.7. The minimum Gasteiger partial charge on any atom is -0.506 e. The van der Waals surface area contributed by atoms with Crippen LogP contribution in [0.25, 0.3) is 0 Å². The average Bonchev–Trinajstić information content (AvgIpc) is 3.64. The summed E-state index contributed by atoms with van der Waals surface area (Å²) in [5.74, 6) is 0.622. The number of anilines is 1. The van der Waals surface area contributed by atoms with Crippen LogP contribution in [0.5, 0.6) is 5.75 Å². The van der Waals surface area contributed by atoms with E-state index in [-0.39, 0.29) is 24.2 Å². The molecule has 6 nitrogen and oxygen atoms in total. The molecule has 2 amide bonds. The van der Waals surface area contributed by atoms with Crippen LogP contribution in [0.4, 0.5) is 10.5 Å². The van der Waals surface area contributed by atoms with E-state index < -0.39 is 12.1 Å². The van der Waals surface area contributed by atoms with Crippen molar-refractivity contribution in [3.05, 3.63) is 58.6 Å². The molecule has 2 aliphatic rings. The van der Waals surface area contributed by atoms with Gasteiger partial charge in [0, 0.05) is 4.47 Å². The fraction of sp³-hybridized carbons (Fsp3) is 0.391. The lowest BCUT2D eigenvalue weighted by Gasteiger charge is -2.27. The Kier molecular flexibility index (Phi) is 6.27.